The minimum Gasteiger partial charge on any atom is -0.480 e. The molecule has 0 spiro atoms. The molecule has 2 aromatic carbocycles. The highest BCUT2D eigenvalue weighted by molar-refractivity contribution is 6.01. The van der Waals surface area contributed by atoms with Gasteiger partial charge in [-0.25, -0.2) is 0 Å². The Morgan fingerprint density at radius 1 is 1.00 bits per heavy atom. The molecule has 37 heavy (non-hydrogen) atoms. The third-order valence-corrected chi connectivity index (χ3v) is 4.93. The molecule has 2 aromatic heterocycles. The number of para-hydroxylation sites is 2. The van der Waals surface area contributed by atoms with Crippen molar-refractivity contribution in [3.63, 3.8) is 0 Å². The molecule has 0 aliphatic carbocycles. The molecule has 1 unspecified atom stereocenters. The second-order valence-electron chi connectivity index (χ2n) is 7.53. The number of hydrogen-bond acceptors (Lipinski definition) is 8. The Labute approximate surface area is 206 Å². The van der Waals surface area contributed by atoms with Gasteiger partial charge in [0.15, 0.2) is 17.2 Å². The van der Waals surface area contributed by atoms with Gasteiger partial charge in [0, 0.05) is 17.4 Å². The van der Waals surface area contributed by atoms with E-state index in [1.54, 1.807) is 40.9 Å². The summed E-state index contributed by atoms with van der Waals surface area (Å²) < 4.78 is 43.3. The number of benzene rings is 2. The molecule has 0 radical (unpaired) electrons. The second kappa shape index (κ2) is 10.4. The number of ether oxygens (including phenoxy) is 1. The Bertz CT molecular complexity index is 1420. The van der Waals surface area contributed by atoms with Gasteiger partial charge in [0.1, 0.15) is 6.54 Å². The summed E-state index contributed by atoms with van der Waals surface area (Å²) >= 11 is 0. The standard InChI is InChI=1S/C23H19F3N6O5/c24-23(25,26)37-17-6-2-1-5-16(17)29-22(36)28-14-9-7-13(8-10-14)19-30-31-20-15(4-3-11-32(19)20)21(35)27-12-18(33)34/h1-11,22,28-29,36H,12H2,(H,27,35)(H,33,34). The molecule has 14 heteroatoms. The summed E-state index contributed by atoms with van der Waals surface area (Å²) in [5, 5.41) is 34.7. The van der Waals surface area contributed by atoms with Gasteiger partial charge in [-0.2, -0.15) is 0 Å². The molecule has 0 aliphatic heterocycles. The zero-order valence-corrected chi connectivity index (χ0v) is 18.7. The summed E-state index contributed by atoms with van der Waals surface area (Å²) in [7, 11) is 0. The quantitative estimate of drug-likeness (QED) is 0.212. The fourth-order valence-electron chi connectivity index (χ4n) is 3.40. The van der Waals surface area contributed by atoms with Crippen molar-refractivity contribution in [2.24, 2.45) is 0 Å². The molecule has 0 saturated carbocycles. The summed E-state index contributed by atoms with van der Waals surface area (Å²) in [6.07, 6.45) is -4.70. The number of hydrogen-bond donors (Lipinski definition) is 5. The van der Waals surface area contributed by atoms with Crippen molar-refractivity contribution in [1.82, 2.24) is 19.9 Å². The van der Waals surface area contributed by atoms with E-state index >= 15 is 0 Å². The van der Waals surface area contributed by atoms with Crippen LogP contribution in [-0.4, -0.2) is 55.9 Å². The fraction of sp³-hybridized carbons (Fsp3) is 0.130. The van der Waals surface area contributed by atoms with Crippen molar-refractivity contribution in [3.8, 4) is 17.1 Å². The SMILES string of the molecule is O=C(O)CNC(=O)c1cccn2c(-c3ccc(NC(O)Nc4ccccc4OC(F)(F)F)cc3)nnc12. The lowest BCUT2D eigenvalue weighted by molar-refractivity contribution is -0.274. The molecule has 192 valence electrons. The van der Waals surface area contributed by atoms with Gasteiger partial charge in [-0.3, -0.25) is 14.0 Å². The summed E-state index contributed by atoms with van der Waals surface area (Å²) in [5.41, 5.74) is 1.33. The Hall–Kier alpha value is -4.85. The largest absolute Gasteiger partial charge is 0.573 e. The number of halogens is 3. The minimum atomic E-state index is -4.89. The maximum Gasteiger partial charge on any atom is 0.573 e. The predicted octanol–water partition coefficient (Wildman–Crippen LogP) is 2.91. The first-order valence-corrected chi connectivity index (χ1v) is 10.6. The van der Waals surface area contributed by atoms with E-state index in [0.29, 0.717) is 17.1 Å². The van der Waals surface area contributed by atoms with Crippen molar-refractivity contribution >= 4 is 28.9 Å². The van der Waals surface area contributed by atoms with Gasteiger partial charge in [0.05, 0.1) is 11.3 Å². The molecule has 2 heterocycles. The first-order chi connectivity index (χ1) is 17.6. The zero-order chi connectivity index (χ0) is 26.6. The van der Waals surface area contributed by atoms with E-state index in [9.17, 15) is 27.9 Å². The zero-order valence-electron chi connectivity index (χ0n) is 18.7. The number of carbonyl (C=O) groups excluding carboxylic acids is 1. The number of anilines is 2. The van der Waals surface area contributed by atoms with Crippen LogP contribution < -0.4 is 20.7 Å². The lowest BCUT2D eigenvalue weighted by Gasteiger charge is -2.19. The number of aliphatic carboxylic acids is 1. The molecular formula is C23H19F3N6O5. The third-order valence-electron chi connectivity index (χ3n) is 4.93. The number of nitrogens with zero attached hydrogens (tertiary/aromatic N) is 3. The number of alkyl halides is 3. The van der Waals surface area contributed by atoms with E-state index in [4.69, 9.17) is 5.11 Å². The molecule has 4 rings (SSSR count). The van der Waals surface area contributed by atoms with Crippen LogP contribution in [-0.2, 0) is 4.79 Å². The summed E-state index contributed by atoms with van der Waals surface area (Å²) in [4.78, 5) is 23.0. The van der Waals surface area contributed by atoms with Gasteiger partial charge >= 0.3 is 12.3 Å². The highest BCUT2D eigenvalue weighted by Gasteiger charge is 2.32. The van der Waals surface area contributed by atoms with Crippen LogP contribution in [0.4, 0.5) is 24.5 Å². The van der Waals surface area contributed by atoms with Gasteiger partial charge in [0.25, 0.3) is 5.91 Å². The van der Waals surface area contributed by atoms with Crippen LogP contribution in [0, 0.1) is 0 Å². The lowest BCUT2D eigenvalue weighted by Crippen LogP contribution is -2.29. The van der Waals surface area contributed by atoms with E-state index < -0.39 is 36.9 Å². The molecule has 0 fully saturated rings. The van der Waals surface area contributed by atoms with Gasteiger partial charge in [-0.05, 0) is 48.5 Å². The highest BCUT2D eigenvalue weighted by atomic mass is 19.4. The van der Waals surface area contributed by atoms with Crippen LogP contribution in [0.15, 0.2) is 66.9 Å². The van der Waals surface area contributed by atoms with E-state index in [-0.39, 0.29) is 16.9 Å². The second-order valence-corrected chi connectivity index (χ2v) is 7.53. The number of carbonyl (C=O) groups is 2. The normalized spacial score (nSPS) is 12.1. The van der Waals surface area contributed by atoms with E-state index in [0.717, 1.165) is 6.07 Å². The van der Waals surface area contributed by atoms with Crippen LogP contribution in [0.5, 0.6) is 5.75 Å². The topological polar surface area (TPSA) is 150 Å². The van der Waals surface area contributed by atoms with Crippen LogP contribution in [0.2, 0.25) is 0 Å². The van der Waals surface area contributed by atoms with Crippen LogP contribution in [0.3, 0.4) is 0 Å². The number of rotatable bonds is 9. The average molecular weight is 516 g/mol. The third kappa shape index (κ3) is 6.24. The molecule has 0 aliphatic rings. The van der Waals surface area contributed by atoms with Crippen molar-refractivity contribution < 1.29 is 37.7 Å². The van der Waals surface area contributed by atoms with Gasteiger partial charge in [0.2, 0.25) is 6.35 Å². The molecule has 1 atom stereocenters. The van der Waals surface area contributed by atoms with Crippen LogP contribution in [0.1, 0.15) is 10.4 Å². The number of aromatic nitrogens is 3. The predicted molar refractivity (Wildman–Crippen MR) is 125 cm³/mol. The Balaban J connectivity index is 1.47. The number of carboxylic acid groups (broad SMARTS) is 1. The number of carboxylic acids is 1. The van der Waals surface area contributed by atoms with E-state index in [1.807, 2.05) is 0 Å². The summed E-state index contributed by atoms with van der Waals surface area (Å²) in [6, 6.07) is 14.9. The first-order valence-electron chi connectivity index (χ1n) is 10.6. The maximum absolute atomic E-state index is 12.6. The lowest BCUT2D eigenvalue weighted by atomic mass is 10.2. The highest BCUT2D eigenvalue weighted by Crippen LogP contribution is 2.30. The maximum atomic E-state index is 12.6. The van der Waals surface area contributed by atoms with Crippen LogP contribution >= 0.6 is 0 Å². The molecule has 11 nitrogen and oxygen atoms in total. The number of pyridine rings is 1. The van der Waals surface area contributed by atoms with Gasteiger partial charge in [-0.1, -0.05) is 12.1 Å². The fourth-order valence-corrected chi connectivity index (χ4v) is 3.40. The number of fused-ring (bicyclic) bond motifs is 1. The van der Waals surface area contributed by atoms with Crippen molar-refractivity contribution in [2.75, 3.05) is 17.2 Å². The number of nitrogens with one attached hydrogen (secondary N) is 3. The summed E-state index contributed by atoms with van der Waals surface area (Å²) in [6.45, 7) is -0.545. The number of amides is 1. The van der Waals surface area contributed by atoms with Gasteiger partial charge in [-0.15, -0.1) is 23.4 Å². The first kappa shape index (κ1) is 25.2. The molecule has 1 amide bonds. The molecule has 0 saturated heterocycles. The molecular weight excluding hydrogens is 497 g/mol. The van der Waals surface area contributed by atoms with E-state index in [1.165, 1.54) is 24.3 Å². The molecule has 4 aromatic rings. The number of aliphatic hydroxyl groups is 1. The Morgan fingerprint density at radius 3 is 2.43 bits per heavy atom. The smallest absolute Gasteiger partial charge is 0.480 e. The molecule has 5 N–H and O–H groups in total. The monoisotopic (exact) mass is 516 g/mol. The minimum absolute atomic E-state index is 0.0745. The molecule has 0 bridgehead atoms. The Morgan fingerprint density at radius 2 is 1.73 bits per heavy atom. The number of aliphatic hydroxyl groups excluding tert-OH is 1. The van der Waals surface area contributed by atoms with E-state index in [2.05, 4.69) is 30.9 Å². The van der Waals surface area contributed by atoms with Crippen molar-refractivity contribution in [1.29, 1.82) is 0 Å². The van der Waals surface area contributed by atoms with Gasteiger partial charge < -0.3 is 30.9 Å². The van der Waals surface area contributed by atoms with Crippen molar-refractivity contribution in [2.45, 2.75) is 12.7 Å². The summed E-state index contributed by atoms with van der Waals surface area (Å²) in [5.74, 6) is -1.90. The Kier molecular flexibility index (Phi) is 7.11. The average Bonchev–Trinajstić information content (AvgIpc) is 3.27. The van der Waals surface area contributed by atoms with Crippen molar-refractivity contribution in [3.05, 3.63) is 72.4 Å². The van der Waals surface area contributed by atoms with Crippen LogP contribution in [0.25, 0.3) is 17.0 Å².